The maximum Gasteiger partial charge on any atom is 0.573 e. The van der Waals surface area contributed by atoms with E-state index in [1.165, 1.54) is 12.1 Å². The Labute approximate surface area is 239 Å². The second-order valence-electron chi connectivity index (χ2n) is 12.0. The zero-order valence-corrected chi connectivity index (χ0v) is 23.0. The average Bonchev–Trinajstić information content (AvgIpc) is 3.57. The monoisotopic (exact) mass is 581 g/mol. The Hall–Kier alpha value is -3.99. The molecule has 42 heavy (non-hydrogen) atoms. The van der Waals surface area contributed by atoms with Crippen molar-refractivity contribution in [3.63, 3.8) is 0 Å². The minimum absolute atomic E-state index is 0.218. The molecule has 0 unspecified atom stereocenters. The maximum absolute atomic E-state index is 13.0. The molecule has 1 saturated heterocycles. The van der Waals surface area contributed by atoms with Crippen LogP contribution in [0.5, 0.6) is 5.75 Å². The molecule has 2 aliphatic carbocycles. The molecule has 2 aromatic carbocycles. The number of benzene rings is 2. The summed E-state index contributed by atoms with van der Waals surface area (Å²) in [6.45, 7) is 2.67. The highest BCUT2D eigenvalue weighted by Gasteiger charge is 2.52. The molecular weight excluding hydrogens is 551 g/mol. The number of hydrogen-bond acceptors (Lipinski definition) is 6. The van der Waals surface area contributed by atoms with Crippen LogP contribution in [0.2, 0.25) is 0 Å². The number of rotatable bonds is 9. The third kappa shape index (κ3) is 4.89. The lowest BCUT2D eigenvalue weighted by atomic mass is 9.58. The molecule has 220 valence electrons. The summed E-state index contributed by atoms with van der Waals surface area (Å²) in [5.41, 5.74) is 3.82. The molecule has 8 nitrogen and oxygen atoms in total. The Bertz CT molecular complexity index is 1660. The van der Waals surface area contributed by atoms with Gasteiger partial charge in [0.1, 0.15) is 17.2 Å². The normalized spacial score (nSPS) is 18.3. The van der Waals surface area contributed by atoms with E-state index in [9.17, 15) is 23.1 Å². The first-order valence-electron chi connectivity index (χ1n) is 14.1. The number of fused-ring (bicyclic) bond motifs is 1. The summed E-state index contributed by atoms with van der Waals surface area (Å²) in [4.78, 5) is 13.9. The van der Waals surface area contributed by atoms with Crippen LogP contribution in [-0.2, 0) is 18.4 Å². The lowest BCUT2D eigenvalue weighted by Gasteiger charge is -2.60. The van der Waals surface area contributed by atoms with Gasteiger partial charge in [0.2, 0.25) is 0 Å². The van der Waals surface area contributed by atoms with Crippen molar-refractivity contribution >= 4 is 22.6 Å². The number of para-hydroxylation sites is 1. The number of ether oxygens (including phenoxy) is 2. The Balaban J connectivity index is 0.969. The minimum Gasteiger partial charge on any atom is -0.478 e. The second-order valence-corrected chi connectivity index (χ2v) is 12.0. The fourth-order valence-electron chi connectivity index (χ4n) is 6.77. The molecule has 11 heteroatoms. The Kier molecular flexibility index (Phi) is 6.27. The average molecular weight is 582 g/mol. The van der Waals surface area contributed by atoms with Gasteiger partial charge < -0.3 is 28.6 Å². The van der Waals surface area contributed by atoms with E-state index in [4.69, 9.17) is 9.26 Å². The van der Waals surface area contributed by atoms with Crippen molar-refractivity contribution in [1.82, 2.24) is 9.72 Å². The van der Waals surface area contributed by atoms with Crippen LogP contribution in [-0.4, -0.2) is 46.9 Å². The molecule has 0 radical (unpaired) electrons. The molecule has 4 aromatic rings. The molecule has 7 rings (SSSR count). The number of aryl methyl sites for hydroxylation is 1. The SMILES string of the molecule is Cn1cc(C(=O)O)c2ccc(N3CC4(CC(COCc5c(-c6ccccc6OC(F)(F)F)noc5C5CC5)C4)C3)cc21. The van der Waals surface area contributed by atoms with Crippen LogP contribution >= 0.6 is 0 Å². The topological polar surface area (TPSA) is 90.0 Å². The summed E-state index contributed by atoms with van der Waals surface area (Å²) in [5.74, 6) is 0.0830. The van der Waals surface area contributed by atoms with Gasteiger partial charge in [0, 0.05) is 66.5 Å². The summed E-state index contributed by atoms with van der Waals surface area (Å²) in [5, 5.41) is 14.3. The summed E-state index contributed by atoms with van der Waals surface area (Å²) in [7, 11) is 1.86. The molecule has 2 aromatic heterocycles. The summed E-state index contributed by atoms with van der Waals surface area (Å²) in [6.07, 6.45) is 0.852. The highest BCUT2D eigenvalue weighted by atomic mass is 19.4. The summed E-state index contributed by atoms with van der Waals surface area (Å²) in [6, 6.07) is 11.9. The fourth-order valence-corrected chi connectivity index (χ4v) is 6.77. The molecule has 1 aliphatic heterocycles. The highest BCUT2D eigenvalue weighted by molar-refractivity contribution is 6.04. The van der Waals surface area contributed by atoms with Crippen molar-refractivity contribution in [2.45, 2.75) is 44.6 Å². The number of aromatic nitrogens is 2. The number of carbonyl (C=O) groups is 1. The first-order valence-corrected chi connectivity index (χ1v) is 14.1. The van der Waals surface area contributed by atoms with Crippen molar-refractivity contribution in [2.24, 2.45) is 18.4 Å². The zero-order valence-electron chi connectivity index (χ0n) is 23.0. The number of nitrogens with zero attached hydrogens (tertiary/aromatic N) is 3. The number of halogens is 3. The molecule has 1 N–H and O–H groups in total. The molecule has 2 saturated carbocycles. The third-order valence-corrected chi connectivity index (χ3v) is 8.80. The van der Waals surface area contributed by atoms with Gasteiger partial charge in [0.05, 0.1) is 17.7 Å². The minimum atomic E-state index is -4.81. The van der Waals surface area contributed by atoms with Gasteiger partial charge in [-0.1, -0.05) is 17.3 Å². The van der Waals surface area contributed by atoms with Crippen LogP contribution in [0.3, 0.4) is 0 Å². The summed E-state index contributed by atoms with van der Waals surface area (Å²) >= 11 is 0. The van der Waals surface area contributed by atoms with E-state index in [1.807, 2.05) is 23.7 Å². The van der Waals surface area contributed by atoms with Crippen LogP contribution in [0.25, 0.3) is 22.2 Å². The predicted molar refractivity (Wildman–Crippen MR) is 148 cm³/mol. The van der Waals surface area contributed by atoms with E-state index < -0.39 is 12.3 Å². The highest BCUT2D eigenvalue weighted by Crippen LogP contribution is 2.53. The number of carboxylic acid groups (broad SMARTS) is 1. The van der Waals surface area contributed by atoms with Crippen molar-refractivity contribution in [3.8, 4) is 17.0 Å². The zero-order chi connectivity index (χ0) is 29.2. The van der Waals surface area contributed by atoms with Gasteiger partial charge in [-0.25, -0.2) is 4.79 Å². The van der Waals surface area contributed by atoms with Gasteiger partial charge in [-0.15, -0.1) is 13.2 Å². The van der Waals surface area contributed by atoms with E-state index in [0.29, 0.717) is 35.1 Å². The van der Waals surface area contributed by atoms with Gasteiger partial charge in [0.25, 0.3) is 0 Å². The lowest BCUT2D eigenvalue weighted by Crippen LogP contribution is -2.63. The molecule has 0 amide bonds. The van der Waals surface area contributed by atoms with E-state index in [0.717, 1.165) is 55.4 Å². The Morgan fingerprint density at radius 3 is 2.64 bits per heavy atom. The van der Waals surface area contributed by atoms with Gasteiger partial charge >= 0.3 is 12.3 Å². The van der Waals surface area contributed by atoms with Crippen LogP contribution in [0.1, 0.15) is 53.3 Å². The molecule has 3 heterocycles. The van der Waals surface area contributed by atoms with E-state index in [2.05, 4.69) is 20.9 Å². The van der Waals surface area contributed by atoms with Crippen LogP contribution < -0.4 is 9.64 Å². The molecular formula is C31H30F3N3O5. The number of anilines is 1. The molecule has 3 fully saturated rings. The Morgan fingerprint density at radius 1 is 1.17 bits per heavy atom. The maximum atomic E-state index is 13.0. The van der Waals surface area contributed by atoms with E-state index in [-0.39, 0.29) is 29.3 Å². The second kappa shape index (κ2) is 9.79. The first-order chi connectivity index (χ1) is 20.1. The lowest BCUT2D eigenvalue weighted by molar-refractivity contribution is -0.274. The third-order valence-electron chi connectivity index (χ3n) is 8.80. The van der Waals surface area contributed by atoms with Gasteiger partial charge in [-0.3, -0.25) is 0 Å². The van der Waals surface area contributed by atoms with Crippen molar-refractivity contribution in [3.05, 3.63) is 65.5 Å². The summed E-state index contributed by atoms with van der Waals surface area (Å²) < 4.78 is 56.9. The molecule has 0 bridgehead atoms. The molecule has 1 spiro atoms. The van der Waals surface area contributed by atoms with Crippen molar-refractivity contribution in [2.75, 3.05) is 24.6 Å². The van der Waals surface area contributed by atoms with E-state index >= 15 is 0 Å². The van der Waals surface area contributed by atoms with Crippen LogP contribution in [0.4, 0.5) is 18.9 Å². The Morgan fingerprint density at radius 2 is 1.93 bits per heavy atom. The number of hydrogen-bond donors (Lipinski definition) is 1. The van der Waals surface area contributed by atoms with Crippen molar-refractivity contribution in [1.29, 1.82) is 0 Å². The van der Waals surface area contributed by atoms with Gasteiger partial charge in [0.15, 0.2) is 0 Å². The van der Waals surface area contributed by atoms with Crippen molar-refractivity contribution < 1.29 is 37.1 Å². The standard InChI is InChI=1S/C31H30F3N3O5/c1-36-13-23(29(38)39)21-9-8-20(10-25(21)36)37-16-30(17-37)11-18(12-30)14-40-15-24-27(35-42-28(24)19-6-7-19)22-4-2-3-5-26(22)41-31(32,33)34/h2-5,8-10,13,18-19H,6-7,11-12,14-17H2,1H3,(H,38,39). The largest absolute Gasteiger partial charge is 0.573 e. The van der Waals surface area contributed by atoms with Gasteiger partial charge in [-0.05, 0) is 61.9 Å². The molecule has 3 aliphatic rings. The smallest absolute Gasteiger partial charge is 0.478 e. The quantitative estimate of drug-likeness (QED) is 0.234. The molecule has 0 atom stereocenters. The number of alkyl halides is 3. The van der Waals surface area contributed by atoms with E-state index in [1.54, 1.807) is 18.3 Å². The first kappa shape index (κ1) is 26.9. The number of carboxylic acids is 1. The van der Waals surface area contributed by atoms with Crippen LogP contribution in [0.15, 0.2) is 53.2 Å². The number of aromatic carboxylic acids is 1. The van der Waals surface area contributed by atoms with Crippen LogP contribution in [0, 0.1) is 11.3 Å². The predicted octanol–water partition coefficient (Wildman–Crippen LogP) is 6.74. The fraction of sp³-hybridized carbons (Fsp3) is 0.419. The van der Waals surface area contributed by atoms with Gasteiger partial charge in [-0.2, -0.15) is 0 Å².